The van der Waals surface area contributed by atoms with Gasteiger partial charge in [0.25, 0.3) is 10.0 Å². The lowest BCUT2D eigenvalue weighted by atomic mass is 10.0. The number of nitrogens with zero attached hydrogens (tertiary/aromatic N) is 2. The standard InChI is InChI=1S/C22H22N2O2S2/c1-3-16-24-19-8-4-6-10-21(19)27(22-11-7-5-9-20(22)24)23-28(25,26)18-14-12-17(2)13-15-18/h3-15,19,21H,1,16H2,2H3. The van der Waals surface area contributed by atoms with E-state index in [1.165, 1.54) is 0 Å². The highest BCUT2D eigenvalue weighted by Crippen LogP contribution is 2.38. The van der Waals surface area contributed by atoms with Gasteiger partial charge in [-0.05, 0) is 41.9 Å². The fourth-order valence-corrected chi connectivity index (χ4v) is 7.59. The van der Waals surface area contributed by atoms with Crippen molar-refractivity contribution in [2.75, 3.05) is 11.4 Å². The molecule has 3 atom stereocenters. The maximum atomic E-state index is 13.1. The third-order valence-corrected chi connectivity index (χ3v) is 8.94. The van der Waals surface area contributed by atoms with Crippen molar-refractivity contribution in [1.29, 1.82) is 0 Å². The Morgan fingerprint density at radius 1 is 1.11 bits per heavy atom. The van der Waals surface area contributed by atoms with Crippen LogP contribution in [0.2, 0.25) is 0 Å². The quantitative estimate of drug-likeness (QED) is 0.702. The first-order chi connectivity index (χ1) is 13.5. The minimum Gasteiger partial charge on any atom is -0.359 e. The third-order valence-electron chi connectivity index (χ3n) is 4.90. The van der Waals surface area contributed by atoms with Gasteiger partial charge in [0.15, 0.2) is 0 Å². The van der Waals surface area contributed by atoms with Gasteiger partial charge in [-0.25, -0.2) is 0 Å². The predicted molar refractivity (Wildman–Crippen MR) is 116 cm³/mol. The number of para-hydroxylation sites is 1. The van der Waals surface area contributed by atoms with Gasteiger partial charge in [0.1, 0.15) is 0 Å². The lowest BCUT2D eigenvalue weighted by Gasteiger charge is -2.42. The molecular weight excluding hydrogens is 388 g/mol. The van der Waals surface area contributed by atoms with Gasteiger partial charge in [-0.3, -0.25) is 0 Å². The molecule has 1 heterocycles. The minimum absolute atomic E-state index is 0.0277. The van der Waals surface area contributed by atoms with E-state index in [0.29, 0.717) is 6.54 Å². The average molecular weight is 411 g/mol. The zero-order valence-electron chi connectivity index (χ0n) is 15.6. The molecule has 0 amide bonds. The Balaban J connectivity index is 1.89. The Labute approximate surface area is 169 Å². The van der Waals surface area contributed by atoms with Crippen molar-refractivity contribution < 1.29 is 8.42 Å². The summed E-state index contributed by atoms with van der Waals surface area (Å²) in [6, 6.07) is 14.9. The first-order valence-corrected chi connectivity index (χ1v) is 11.8. The zero-order chi connectivity index (χ0) is 19.7. The average Bonchev–Trinajstić information content (AvgIpc) is 2.71. The molecule has 28 heavy (non-hydrogen) atoms. The normalized spacial score (nSPS) is 23.3. The van der Waals surface area contributed by atoms with E-state index in [2.05, 4.69) is 27.4 Å². The fraction of sp³-hybridized carbons (Fsp3) is 0.182. The smallest absolute Gasteiger partial charge is 0.288 e. The molecule has 3 unspecified atom stereocenters. The highest BCUT2D eigenvalue weighted by molar-refractivity contribution is 8.00. The second kappa shape index (κ2) is 7.53. The summed E-state index contributed by atoms with van der Waals surface area (Å²) in [7, 11) is -4.57. The predicted octanol–water partition coefficient (Wildman–Crippen LogP) is 4.41. The summed E-state index contributed by atoms with van der Waals surface area (Å²) in [4.78, 5) is 3.47. The van der Waals surface area contributed by atoms with E-state index in [9.17, 15) is 8.42 Å². The van der Waals surface area contributed by atoms with Gasteiger partial charge in [0.05, 0.1) is 21.9 Å². The first-order valence-electron chi connectivity index (χ1n) is 9.11. The van der Waals surface area contributed by atoms with Gasteiger partial charge in [0.2, 0.25) is 0 Å². The first kappa shape index (κ1) is 18.9. The second-order valence-corrected chi connectivity index (χ2v) is 10.4. The molecule has 0 aromatic heterocycles. The van der Waals surface area contributed by atoms with Crippen LogP contribution >= 0.6 is 0 Å². The highest BCUT2D eigenvalue weighted by Gasteiger charge is 2.36. The van der Waals surface area contributed by atoms with Gasteiger partial charge in [-0.1, -0.05) is 60.2 Å². The number of allylic oxidation sites excluding steroid dienone is 2. The molecule has 2 aliphatic rings. The number of rotatable bonds is 4. The van der Waals surface area contributed by atoms with Crippen LogP contribution in [0.3, 0.4) is 0 Å². The molecule has 0 N–H and O–H groups in total. The molecule has 0 saturated heterocycles. The fourth-order valence-electron chi connectivity index (χ4n) is 3.55. The van der Waals surface area contributed by atoms with Crippen LogP contribution in [0.25, 0.3) is 0 Å². The largest absolute Gasteiger partial charge is 0.359 e. The van der Waals surface area contributed by atoms with Crippen molar-refractivity contribution in [2.45, 2.75) is 28.0 Å². The van der Waals surface area contributed by atoms with Gasteiger partial charge in [-0.2, -0.15) is 8.42 Å². The van der Waals surface area contributed by atoms with Gasteiger partial charge < -0.3 is 4.90 Å². The number of benzene rings is 2. The van der Waals surface area contributed by atoms with E-state index < -0.39 is 20.7 Å². The lowest BCUT2D eigenvalue weighted by Crippen LogP contribution is -2.48. The van der Waals surface area contributed by atoms with E-state index in [0.717, 1.165) is 16.1 Å². The van der Waals surface area contributed by atoms with Crippen LogP contribution in [-0.4, -0.2) is 26.3 Å². The maximum Gasteiger partial charge on any atom is 0.288 e. The van der Waals surface area contributed by atoms with Crippen molar-refractivity contribution in [2.24, 2.45) is 3.77 Å². The van der Waals surface area contributed by atoms with Gasteiger partial charge in [-0.15, -0.1) is 10.3 Å². The van der Waals surface area contributed by atoms with Crippen molar-refractivity contribution >= 4 is 26.4 Å². The minimum atomic E-state index is -3.76. The summed E-state index contributed by atoms with van der Waals surface area (Å²) in [6.07, 6.45) is 10.1. The summed E-state index contributed by atoms with van der Waals surface area (Å²) in [5, 5.41) is -0.0277. The highest BCUT2D eigenvalue weighted by atomic mass is 32.3. The Hall–Kier alpha value is -2.44. The topological polar surface area (TPSA) is 49.7 Å². The molecule has 0 saturated carbocycles. The number of sulfonamides is 1. The van der Waals surface area contributed by atoms with E-state index >= 15 is 0 Å². The number of hydrogen-bond donors (Lipinski definition) is 0. The van der Waals surface area contributed by atoms with E-state index in [1.807, 2.05) is 49.4 Å². The Morgan fingerprint density at radius 3 is 2.57 bits per heavy atom. The van der Waals surface area contributed by atoms with Crippen LogP contribution in [-0.2, 0) is 20.7 Å². The van der Waals surface area contributed by atoms with Gasteiger partial charge in [0, 0.05) is 11.4 Å². The summed E-state index contributed by atoms with van der Waals surface area (Å²) >= 11 is 0. The molecule has 0 fully saturated rings. The molecule has 1 aliphatic heterocycles. The molecule has 2 aromatic rings. The van der Waals surface area contributed by atoms with Crippen molar-refractivity contribution in [1.82, 2.24) is 0 Å². The van der Waals surface area contributed by atoms with Crippen molar-refractivity contribution in [3.63, 3.8) is 0 Å². The number of anilines is 1. The van der Waals surface area contributed by atoms with E-state index in [-0.39, 0.29) is 16.2 Å². The molecule has 144 valence electrons. The summed E-state index contributed by atoms with van der Waals surface area (Å²) in [5.74, 6) is 0. The van der Waals surface area contributed by atoms with Crippen LogP contribution in [0, 0.1) is 6.92 Å². The monoisotopic (exact) mass is 410 g/mol. The summed E-state index contributed by atoms with van der Waals surface area (Å²) in [6.45, 7) is 6.52. The van der Waals surface area contributed by atoms with Gasteiger partial charge >= 0.3 is 0 Å². The molecule has 4 rings (SSSR count). The molecule has 6 heteroatoms. The third kappa shape index (κ3) is 3.38. The Morgan fingerprint density at radius 2 is 1.82 bits per heavy atom. The van der Waals surface area contributed by atoms with E-state index in [4.69, 9.17) is 0 Å². The molecule has 2 aromatic carbocycles. The summed E-state index contributed by atoms with van der Waals surface area (Å²) in [5.41, 5.74) is 2.04. The Kier molecular flexibility index (Phi) is 5.08. The number of aryl methyl sites for hydroxylation is 1. The zero-order valence-corrected chi connectivity index (χ0v) is 17.2. The molecule has 0 bridgehead atoms. The molecule has 1 aliphatic carbocycles. The van der Waals surface area contributed by atoms with Crippen molar-refractivity contribution in [3.05, 3.63) is 91.1 Å². The molecule has 0 spiro atoms. The molecular formula is C22H22N2O2S2. The van der Waals surface area contributed by atoms with Crippen LogP contribution in [0.5, 0.6) is 0 Å². The Bertz CT molecular complexity index is 1100. The van der Waals surface area contributed by atoms with Crippen LogP contribution in [0.15, 0.2) is 99.0 Å². The second-order valence-electron chi connectivity index (χ2n) is 6.81. The van der Waals surface area contributed by atoms with Crippen LogP contribution < -0.4 is 4.90 Å². The number of hydrogen-bond acceptors (Lipinski definition) is 3. The summed E-state index contributed by atoms with van der Waals surface area (Å²) < 4.78 is 30.6. The van der Waals surface area contributed by atoms with Crippen molar-refractivity contribution in [3.8, 4) is 0 Å². The number of fused-ring (bicyclic) bond motifs is 2. The lowest BCUT2D eigenvalue weighted by molar-refractivity contribution is 0.598. The SMILES string of the molecule is C=CCN1c2ccccc2S(=NS(=O)(=O)c2ccc(C)cc2)C2C=CC=CC21. The van der Waals surface area contributed by atoms with E-state index in [1.54, 1.807) is 24.3 Å². The molecule has 4 nitrogen and oxygen atoms in total. The van der Waals surface area contributed by atoms with Crippen LogP contribution in [0.4, 0.5) is 5.69 Å². The van der Waals surface area contributed by atoms with Crippen LogP contribution in [0.1, 0.15) is 5.56 Å². The maximum absolute atomic E-state index is 13.1. The molecule has 0 radical (unpaired) electrons.